The van der Waals surface area contributed by atoms with Crippen LogP contribution >= 0.6 is 0 Å². The molecule has 124 valence electrons. The molecular formula is C21H24N2O. The van der Waals surface area contributed by atoms with Gasteiger partial charge in [-0.15, -0.1) is 0 Å². The molecule has 0 radical (unpaired) electrons. The normalized spacial score (nSPS) is 11.7. The second kappa shape index (κ2) is 5.82. The van der Waals surface area contributed by atoms with Crippen LogP contribution in [0, 0.1) is 13.8 Å². The Morgan fingerprint density at radius 1 is 0.917 bits per heavy atom. The van der Waals surface area contributed by atoms with Gasteiger partial charge in [0.25, 0.3) is 0 Å². The van der Waals surface area contributed by atoms with E-state index in [1.807, 2.05) is 45.0 Å². The van der Waals surface area contributed by atoms with Crippen LogP contribution in [0.1, 0.15) is 31.9 Å². The van der Waals surface area contributed by atoms with Gasteiger partial charge >= 0.3 is 0 Å². The van der Waals surface area contributed by atoms with Gasteiger partial charge in [-0.1, -0.05) is 54.1 Å². The lowest BCUT2D eigenvalue weighted by molar-refractivity contribution is 0.296. The van der Waals surface area contributed by atoms with Crippen LogP contribution in [0.5, 0.6) is 5.88 Å². The van der Waals surface area contributed by atoms with Crippen molar-refractivity contribution >= 4 is 0 Å². The van der Waals surface area contributed by atoms with Crippen LogP contribution in [0.2, 0.25) is 0 Å². The van der Waals surface area contributed by atoms with Crippen molar-refractivity contribution in [2.45, 2.75) is 40.2 Å². The molecule has 0 bridgehead atoms. The molecule has 0 fully saturated rings. The molecule has 3 nitrogen and oxygen atoms in total. The first-order chi connectivity index (χ1) is 11.3. The zero-order valence-electron chi connectivity index (χ0n) is 15.0. The Labute approximate surface area is 143 Å². The van der Waals surface area contributed by atoms with Crippen LogP contribution in [-0.4, -0.2) is 14.9 Å². The third-order valence-electron chi connectivity index (χ3n) is 4.24. The summed E-state index contributed by atoms with van der Waals surface area (Å²) in [5, 5.41) is 15.7. The minimum absolute atomic E-state index is 0.213. The van der Waals surface area contributed by atoms with E-state index < -0.39 is 0 Å². The minimum atomic E-state index is -0.301. The maximum atomic E-state index is 10.9. The number of aryl methyl sites for hydroxylation is 2. The molecule has 0 unspecified atom stereocenters. The second-order valence-corrected chi connectivity index (χ2v) is 7.31. The summed E-state index contributed by atoms with van der Waals surface area (Å²) in [4.78, 5) is 0. The average molecular weight is 320 g/mol. The Hall–Kier alpha value is -2.55. The van der Waals surface area contributed by atoms with Crippen molar-refractivity contribution in [2.24, 2.45) is 0 Å². The Bertz CT molecular complexity index is 868. The van der Waals surface area contributed by atoms with E-state index in [-0.39, 0.29) is 11.4 Å². The Balaban J connectivity index is 2.32. The van der Waals surface area contributed by atoms with E-state index in [9.17, 15) is 5.11 Å². The molecule has 0 aliphatic rings. The lowest BCUT2D eigenvalue weighted by Crippen LogP contribution is -2.22. The van der Waals surface area contributed by atoms with E-state index in [0.717, 1.165) is 27.9 Å². The van der Waals surface area contributed by atoms with Gasteiger partial charge in [0.2, 0.25) is 5.88 Å². The molecule has 0 amide bonds. The smallest absolute Gasteiger partial charge is 0.218 e. The van der Waals surface area contributed by atoms with Crippen molar-refractivity contribution in [3.05, 3.63) is 59.7 Å². The molecule has 24 heavy (non-hydrogen) atoms. The number of hydrogen-bond donors (Lipinski definition) is 1. The van der Waals surface area contributed by atoms with Gasteiger partial charge in [0.15, 0.2) is 0 Å². The molecule has 1 aromatic heterocycles. The van der Waals surface area contributed by atoms with Crippen LogP contribution in [0.25, 0.3) is 22.4 Å². The number of benzene rings is 2. The summed E-state index contributed by atoms with van der Waals surface area (Å²) in [6.07, 6.45) is 0. The van der Waals surface area contributed by atoms with E-state index in [1.165, 1.54) is 5.56 Å². The highest BCUT2D eigenvalue weighted by atomic mass is 16.3. The molecule has 0 atom stereocenters. The molecule has 0 spiro atoms. The van der Waals surface area contributed by atoms with Crippen LogP contribution < -0.4 is 0 Å². The van der Waals surface area contributed by atoms with Crippen LogP contribution in [0.4, 0.5) is 0 Å². The Kier molecular flexibility index (Phi) is 3.96. The summed E-state index contributed by atoms with van der Waals surface area (Å²) in [5.41, 5.74) is 5.68. The number of hydrogen-bond acceptors (Lipinski definition) is 2. The van der Waals surface area contributed by atoms with Gasteiger partial charge in [-0.2, -0.15) is 5.10 Å². The van der Waals surface area contributed by atoms with Crippen LogP contribution in [0.3, 0.4) is 0 Å². The maximum Gasteiger partial charge on any atom is 0.218 e. The van der Waals surface area contributed by atoms with Gasteiger partial charge < -0.3 is 5.11 Å². The third-order valence-corrected chi connectivity index (χ3v) is 4.24. The molecule has 3 heteroatoms. The fourth-order valence-electron chi connectivity index (χ4n) is 2.89. The molecule has 1 heterocycles. The van der Waals surface area contributed by atoms with Crippen molar-refractivity contribution in [2.75, 3.05) is 0 Å². The van der Waals surface area contributed by atoms with E-state index in [1.54, 1.807) is 4.68 Å². The van der Waals surface area contributed by atoms with E-state index in [4.69, 9.17) is 5.10 Å². The van der Waals surface area contributed by atoms with Gasteiger partial charge in [0.05, 0.1) is 11.1 Å². The molecule has 3 aromatic rings. The van der Waals surface area contributed by atoms with Crippen molar-refractivity contribution < 1.29 is 5.11 Å². The van der Waals surface area contributed by atoms with Crippen molar-refractivity contribution in [1.29, 1.82) is 0 Å². The lowest BCUT2D eigenvalue weighted by atomic mass is 9.97. The summed E-state index contributed by atoms with van der Waals surface area (Å²) in [5.74, 6) is 0.213. The summed E-state index contributed by atoms with van der Waals surface area (Å²) in [6, 6.07) is 16.4. The van der Waals surface area contributed by atoms with E-state index in [2.05, 4.69) is 38.1 Å². The highest BCUT2D eigenvalue weighted by Gasteiger charge is 2.26. The van der Waals surface area contributed by atoms with Crippen LogP contribution in [-0.2, 0) is 5.54 Å². The zero-order valence-corrected chi connectivity index (χ0v) is 15.0. The van der Waals surface area contributed by atoms with Crippen molar-refractivity contribution in [1.82, 2.24) is 9.78 Å². The predicted octanol–water partition coefficient (Wildman–Crippen LogP) is 5.29. The number of aromatic nitrogens is 2. The van der Waals surface area contributed by atoms with Crippen molar-refractivity contribution in [3.63, 3.8) is 0 Å². The van der Waals surface area contributed by atoms with Gasteiger partial charge in [-0.3, -0.25) is 0 Å². The quantitative estimate of drug-likeness (QED) is 0.696. The molecule has 3 rings (SSSR count). The number of aromatic hydroxyl groups is 1. The SMILES string of the molecule is Cc1ccc(-c2c(-c3ccccc3C)nn(C(C)(C)C)c2O)cc1. The Morgan fingerprint density at radius 3 is 2.12 bits per heavy atom. The molecule has 0 saturated heterocycles. The fourth-order valence-corrected chi connectivity index (χ4v) is 2.89. The first-order valence-corrected chi connectivity index (χ1v) is 8.24. The summed E-state index contributed by atoms with van der Waals surface area (Å²) in [7, 11) is 0. The number of nitrogens with zero attached hydrogens (tertiary/aromatic N) is 2. The number of rotatable bonds is 2. The first kappa shape index (κ1) is 16.3. The zero-order chi connectivity index (χ0) is 17.5. The summed E-state index contributed by atoms with van der Waals surface area (Å²) >= 11 is 0. The molecule has 2 aromatic carbocycles. The first-order valence-electron chi connectivity index (χ1n) is 8.24. The van der Waals surface area contributed by atoms with Gasteiger partial charge in [-0.05, 0) is 45.7 Å². The lowest BCUT2D eigenvalue weighted by Gasteiger charge is -2.20. The highest BCUT2D eigenvalue weighted by Crippen LogP contribution is 2.41. The third kappa shape index (κ3) is 2.82. The van der Waals surface area contributed by atoms with Crippen LogP contribution in [0.15, 0.2) is 48.5 Å². The highest BCUT2D eigenvalue weighted by molar-refractivity contribution is 5.85. The molecular weight excluding hydrogens is 296 g/mol. The largest absolute Gasteiger partial charge is 0.493 e. The topological polar surface area (TPSA) is 38.0 Å². The average Bonchev–Trinajstić information content (AvgIpc) is 2.86. The predicted molar refractivity (Wildman–Crippen MR) is 99.2 cm³/mol. The van der Waals surface area contributed by atoms with Gasteiger partial charge in [0, 0.05) is 5.56 Å². The van der Waals surface area contributed by atoms with E-state index in [0.29, 0.717) is 0 Å². The molecule has 0 aliphatic heterocycles. The molecule has 0 saturated carbocycles. The second-order valence-electron chi connectivity index (χ2n) is 7.31. The Morgan fingerprint density at radius 2 is 1.54 bits per heavy atom. The monoisotopic (exact) mass is 320 g/mol. The summed E-state index contributed by atoms with van der Waals surface area (Å²) in [6.45, 7) is 10.3. The summed E-state index contributed by atoms with van der Waals surface area (Å²) < 4.78 is 1.71. The van der Waals surface area contributed by atoms with Gasteiger partial charge in [-0.25, -0.2) is 4.68 Å². The minimum Gasteiger partial charge on any atom is -0.493 e. The fraction of sp³-hybridized carbons (Fsp3) is 0.286. The van der Waals surface area contributed by atoms with E-state index >= 15 is 0 Å². The van der Waals surface area contributed by atoms with Crippen molar-refractivity contribution in [3.8, 4) is 28.3 Å². The maximum absolute atomic E-state index is 10.9. The molecule has 0 aliphatic carbocycles. The standard InChI is InChI=1S/C21H24N2O/c1-14-10-12-16(13-11-14)18-19(17-9-7-6-8-15(17)2)22-23(20(18)24)21(3,4)5/h6-13,24H,1-5H3. The van der Waals surface area contributed by atoms with Gasteiger partial charge in [0.1, 0.15) is 5.69 Å². The molecule has 1 N–H and O–H groups in total.